The Morgan fingerprint density at radius 3 is 2.52 bits per heavy atom. The van der Waals surface area contributed by atoms with E-state index in [2.05, 4.69) is 23.8 Å². The van der Waals surface area contributed by atoms with E-state index in [1.807, 2.05) is 31.2 Å². The number of amides is 1. The Kier molecular flexibility index (Phi) is 7.37. The van der Waals surface area contributed by atoms with Crippen LogP contribution in [0.3, 0.4) is 0 Å². The van der Waals surface area contributed by atoms with Gasteiger partial charge in [0.2, 0.25) is 0 Å². The van der Waals surface area contributed by atoms with E-state index in [4.69, 9.17) is 5.73 Å². The van der Waals surface area contributed by atoms with Gasteiger partial charge in [0.05, 0.1) is 6.54 Å². The molecule has 0 fully saturated rings. The van der Waals surface area contributed by atoms with Gasteiger partial charge in [0, 0.05) is 19.3 Å². The zero-order chi connectivity index (χ0) is 22.5. The number of hydrogen-bond donors (Lipinski definition) is 1. The summed E-state index contributed by atoms with van der Waals surface area (Å²) in [5, 5.41) is 0.508. The van der Waals surface area contributed by atoms with Gasteiger partial charge in [0.1, 0.15) is 5.52 Å². The van der Waals surface area contributed by atoms with E-state index in [1.165, 1.54) is 16.3 Å². The molecule has 2 heterocycles. The molecule has 0 atom stereocenters. The number of unbranched alkanes of at least 4 members (excludes halogenated alkanes) is 1. The molecule has 2 aromatic heterocycles. The second kappa shape index (κ2) is 10.00. The molecule has 1 aromatic carbocycles. The third-order valence-corrected chi connectivity index (χ3v) is 6.09. The van der Waals surface area contributed by atoms with E-state index in [0.29, 0.717) is 23.9 Å². The van der Waals surface area contributed by atoms with Crippen molar-refractivity contribution in [3.8, 4) is 0 Å². The number of benzene rings is 1. The number of anilines is 1. The number of imidazole rings is 1. The highest BCUT2D eigenvalue weighted by molar-refractivity contribution is 7.99. The standard InChI is InChI=1S/C22H30N6O2S/c1-5-7-12-26(4)21(29)28-17-18(23)24-20(31-13-6-2)25-19(17)27(22(28)30)14-16-10-8-15(3)9-11-16/h8-11H,5-7,12-14H2,1-4H3,(H2,23,24,25). The topological polar surface area (TPSA) is 99.0 Å². The number of thioether (sulfide) groups is 1. The molecule has 0 unspecified atom stereocenters. The lowest BCUT2D eigenvalue weighted by atomic mass is 10.1. The van der Waals surface area contributed by atoms with Crippen LogP contribution >= 0.6 is 11.8 Å². The van der Waals surface area contributed by atoms with Gasteiger partial charge >= 0.3 is 11.7 Å². The summed E-state index contributed by atoms with van der Waals surface area (Å²) in [5.41, 5.74) is 8.53. The number of fused-ring (bicyclic) bond motifs is 1. The van der Waals surface area contributed by atoms with Crippen molar-refractivity contribution in [3.05, 3.63) is 45.9 Å². The minimum Gasteiger partial charge on any atom is -0.382 e. The van der Waals surface area contributed by atoms with Crippen molar-refractivity contribution in [2.24, 2.45) is 0 Å². The summed E-state index contributed by atoms with van der Waals surface area (Å²) in [4.78, 5) is 37.1. The molecule has 9 heteroatoms. The first-order valence-corrected chi connectivity index (χ1v) is 11.6. The molecule has 0 aliphatic heterocycles. The molecule has 1 amide bonds. The minimum atomic E-state index is -0.456. The lowest BCUT2D eigenvalue weighted by Gasteiger charge is -2.16. The predicted octanol–water partition coefficient (Wildman–Crippen LogP) is 3.73. The molecule has 0 saturated heterocycles. The Morgan fingerprint density at radius 2 is 1.87 bits per heavy atom. The Hall–Kier alpha value is -2.81. The Morgan fingerprint density at radius 1 is 1.16 bits per heavy atom. The van der Waals surface area contributed by atoms with E-state index in [0.717, 1.165) is 40.7 Å². The summed E-state index contributed by atoms with van der Waals surface area (Å²) in [7, 11) is 1.69. The zero-order valence-corrected chi connectivity index (χ0v) is 19.4. The van der Waals surface area contributed by atoms with E-state index in [9.17, 15) is 9.59 Å². The third-order valence-electron chi connectivity index (χ3n) is 5.04. The van der Waals surface area contributed by atoms with Crippen molar-refractivity contribution in [2.75, 3.05) is 25.1 Å². The van der Waals surface area contributed by atoms with Crippen molar-refractivity contribution in [1.29, 1.82) is 0 Å². The van der Waals surface area contributed by atoms with E-state index in [1.54, 1.807) is 11.9 Å². The smallest absolute Gasteiger partial charge is 0.339 e. The highest BCUT2D eigenvalue weighted by Gasteiger charge is 2.25. The molecule has 166 valence electrons. The SMILES string of the molecule is CCCCN(C)C(=O)n1c(=O)n(Cc2ccc(C)cc2)c2nc(SCCC)nc(N)c21. The number of carbonyl (C=O) groups excluding carboxylic acids is 1. The quantitative estimate of drug-likeness (QED) is 0.421. The van der Waals surface area contributed by atoms with Crippen LogP contribution in [0.1, 0.15) is 44.2 Å². The maximum Gasteiger partial charge on any atom is 0.339 e. The molecule has 0 bridgehead atoms. The molecule has 0 spiro atoms. The van der Waals surface area contributed by atoms with Crippen molar-refractivity contribution >= 4 is 34.8 Å². The summed E-state index contributed by atoms with van der Waals surface area (Å²) in [6, 6.07) is 7.51. The van der Waals surface area contributed by atoms with Crippen LogP contribution in [-0.2, 0) is 6.54 Å². The fourth-order valence-corrected chi connectivity index (χ4v) is 3.96. The van der Waals surface area contributed by atoms with Gasteiger partial charge in [-0.2, -0.15) is 0 Å². The molecule has 0 aliphatic carbocycles. The highest BCUT2D eigenvalue weighted by atomic mass is 32.2. The van der Waals surface area contributed by atoms with Crippen LogP contribution in [0.2, 0.25) is 0 Å². The molecule has 2 N–H and O–H groups in total. The number of nitrogens with two attached hydrogens (primary N) is 1. The van der Waals surface area contributed by atoms with Gasteiger partial charge in [-0.05, 0) is 25.3 Å². The van der Waals surface area contributed by atoms with Crippen LogP contribution in [0.25, 0.3) is 11.2 Å². The lowest BCUT2D eigenvalue weighted by molar-refractivity contribution is 0.210. The molecule has 0 aliphatic rings. The highest BCUT2D eigenvalue weighted by Crippen LogP contribution is 2.23. The van der Waals surface area contributed by atoms with Crippen LogP contribution in [0.5, 0.6) is 0 Å². The summed E-state index contributed by atoms with van der Waals surface area (Å²) in [6.45, 7) is 6.99. The Labute approximate surface area is 186 Å². The summed E-state index contributed by atoms with van der Waals surface area (Å²) >= 11 is 1.49. The van der Waals surface area contributed by atoms with Crippen LogP contribution in [-0.4, -0.2) is 49.4 Å². The van der Waals surface area contributed by atoms with Crippen LogP contribution in [0.4, 0.5) is 10.6 Å². The maximum atomic E-state index is 13.4. The molecule has 8 nitrogen and oxygen atoms in total. The van der Waals surface area contributed by atoms with Crippen LogP contribution in [0, 0.1) is 6.92 Å². The normalized spacial score (nSPS) is 11.2. The summed E-state index contributed by atoms with van der Waals surface area (Å²) in [5.74, 6) is 0.979. The van der Waals surface area contributed by atoms with E-state index >= 15 is 0 Å². The number of aromatic nitrogens is 4. The largest absolute Gasteiger partial charge is 0.382 e. The fourth-order valence-electron chi connectivity index (χ4n) is 3.26. The van der Waals surface area contributed by atoms with E-state index < -0.39 is 11.7 Å². The van der Waals surface area contributed by atoms with Gasteiger partial charge < -0.3 is 10.6 Å². The van der Waals surface area contributed by atoms with Crippen molar-refractivity contribution in [2.45, 2.75) is 51.7 Å². The first-order chi connectivity index (χ1) is 14.9. The van der Waals surface area contributed by atoms with Crippen molar-refractivity contribution < 1.29 is 4.79 Å². The van der Waals surface area contributed by atoms with Gasteiger partial charge in [-0.1, -0.05) is 61.9 Å². The van der Waals surface area contributed by atoms with Crippen molar-refractivity contribution in [3.63, 3.8) is 0 Å². The second-order valence-corrected chi connectivity index (χ2v) is 8.72. The molecule has 31 heavy (non-hydrogen) atoms. The summed E-state index contributed by atoms with van der Waals surface area (Å²) < 4.78 is 2.63. The van der Waals surface area contributed by atoms with Crippen LogP contribution in [0.15, 0.2) is 34.2 Å². The maximum absolute atomic E-state index is 13.4. The number of hydrogen-bond acceptors (Lipinski definition) is 6. The summed E-state index contributed by atoms with van der Waals surface area (Å²) in [6.07, 6.45) is 2.76. The second-order valence-electron chi connectivity index (χ2n) is 7.66. The molecular formula is C22H30N6O2S. The molecule has 3 aromatic rings. The lowest BCUT2D eigenvalue weighted by Crippen LogP contribution is -2.38. The molecule has 0 radical (unpaired) electrons. The zero-order valence-electron chi connectivity index (χ0n) is 18.6. The first-order valence-electron chi connectivity index (χ1n) is 10.6. The number of nitrogens with zero attached hydrogens (tertiary/aromatic N) is 5. The average Bonchev–Trinajstić information content (AvgIpc) is 3.03. The number of aryl methyl sites for hydroxylation is 1. The van der Waals surface area contributed by atoms with Crippen LogP contribution < -0.4 is 11.4 Å². The Balaban J connectivity index is 2.16. The van der Waals surface area contributed by atoms with E-state index in [-0.39, 0.29) is 11.3 Å². The van der Waals surface area contributed by atoms with Crippen molar-refractivity contribution in [1.82, 2.24) is 24.0 Å². The number of nitrogen functional groups attached to an aromatic ring is 1. The Bertz CT molecular complexity index is 1120. The molecule has 3 rings (SSSR count). The average molecular weight is 443 g/mol. The number of rotatable bonds is 8. The minimum absolute atomic E-state index is 0.139. The monoisotopic (exact) mass is 442 g/mol. The molecule has 0 saturated carbocycles. The first kappa shape index (κ1) is 22.9. The fraction of sp³-hybridized carbons (Fsp3) is 0.455. The van der Waals surface area contributed by atoms with Gasteiger partial charge in [-0.25, -0.2) is 24.1 Å². The number of carbonyl (C=O) groups is 1. The van der Waals surface area contributed by atoms with Gasteiger partial charge in [-0.15, -0.1) is 0 Å². The predicted molar refractivity (Wildman–Crippen MR) is 126 cm³/mol. The van der Waals surface area contributed by atoms with Gasteiger partial charge in [0.25, 0.3) is 0 Å². The van der Waals surface area contributed by atoms with Gasteiger partial charge in [-0.3, -0.25) is 4.57 Å². The molecular weight excluding hydrogens is 412 g/mol. The third kappa shape index (κ3) is 4.92. The van der Waals surface area contributed by atoms with Gasteiger partial charge in [0.15, 0.2) is 16.6 Å².